The number of ketones is 2. The molecule has 0 amide bonds. The summed E-state index contributed by atoms with van der Waals surface area (Å²) in [7, 11) is 0. The van der Waals surface area contributed by atoms with E-state index in [0.717, 1.165) is 18.4 Å². The van der Waals surface area contributed by atoms with E-state index in [-0.39, 0.29) is 23.4 Å². The minimum atomic E-state index is -0.206. The Labute approximate surface area is 156 Å². The Hall–Kier alpha value is -2.42. The molecule has 0 spiro atoms. The van der Waals surface area contributed by atoms with Crippen LogP contribution in [-0.4, -0.2) is 18.2 Å². The Morgan fingerprint density at radius 1 is 0.923 bits per heavy atom. The summed E-state index contributed by atoms with van der Waals surface area (Å²) in [5.74, 6) is 0.183. The first-order chi connectivity index (χ1) is 12.3. The molecule has 0 heterocycles. The van der Waals surface area contributed by atoms with Crippen LogP contribution in [0.2, 0.25) is 0 Å². The third kappa shape index (κ3) is 5.29. The van der Waals surface area contributed by atoms with Crippen LogP contribution in [0.3, 0.4) is 0 Å². The molecule has 0 aliphatic heterocycles. The van der Waals surface area contributed by atoms with E-state index in [2.05, 4.69) is 27.7 Å². The summed E-state index contributed by atoms with van der Waals surface area (Å²) in [5, 5.41) is 0. The molecule has 0 fully saturated rings. The highest BCUT2D eigenvalue weighted by Crippen LogP contribution is 2.24. The second-order valence-electron chi connectivity index (χ2n) is 7.55. The highest BCUT2D eigenvalue weighted by atomic mass is 16.5. The topological polar surface area (TPSA) is 43.4 Å². The molecule has 3 nitrogen and oxygen atoms in total. The van der Waals surface area contributed by atoms with Crippen LogP contribution in [0.4, 0.5) is 0 Å². The SMILES string of the molecule is CCCCOc1ccccc1C(=O)CC(=O)c1ccc(C(C)(C)C)cc1. The van der Waals surface area contributed by atoms with Gasteiger partial charge < -0.3 is 4.74 Å². The number of carbonyl (C=O) groups is 2. The fraction of sp³-hybridized carbons (Fsp3) is 0.391. The zero-order chi connectivity index (χ0) is 19.2. The Bertz CT molecular complexity index is 752. The number of carbonyl (C=O) groups excluding carboxylic acids is 2. The van der Waals surface area contributed by atoms with Crippen LogP contribution in [0.15, 0.2) is 48.5 Å². The Morgan fingerprint density at radius 2 is 1.58 bits per heavy atom. The lowest BCUT2D eigenvalue weighted by atomic mass is 9.86. The van der Waals surface area contributed by atoms with Crippen molar-refractivity contribution in [3.63, 3.8) is 0 Å². The predicted molar refractivity (Wildman–Crippen MR) is 105 cm³/mol. The van der Waals surface area contributed by atoms with Gasteiger partial charge >= 0.3 is 0 Å². The minimum Gasteiger partial charge on any atom is -0.493 e. The van der Waals surface area contributed by atoms with Gasteiger partial charge in [0.2, 0.25) is 0 Å². The quantitative estimate of drug-likeness (QED) is 0.352. The fourth-order valence-corrected chi connectivity index (χ4v) is 2.65. The second kappa shape index (κ2) is 8.79. The summed E-state index contributed by atoms with van der Waals surface area (Å²) >= 11 is 0. The summed E-state index contributed by atoms with van der Waals surface area (Å²) in [4.78, 5) is 25.1. The summed E-state index contributed by atoms with van der Waals surface area (Å²) in [6, 6.07) is 14.7. The molecule has 26 heavy (non-hydrogen) atoms. The monoisotopic (exact) mass is 352 g/mol. The van der Waals surface area contributed by atoms with Gasteiger partial charge in [0.1, 0.15) is 5.75 Å². The average Bonchev–Trinajstić information content (AvgIpc) is 2.61. The summed E-state index contributed by atoms with van der Waals surface area (Å²) < 4.78 is 5.71. The molecule has 2 aromatic rings. The van der Waals surface area contributed by atoms with Crippen molar-refractivity contribution in [1.29, 1.82) is 0 Å². The number of Topliss-reactive ketones (excluding diaryl/α,β-unsaturated/α-hetero) is 2. The van der Waals surface area contributed by atoms with Gasteiger partial charge in [-0.25, -0.2) is 0 Å². The first-order valence-corrected chi connectivity index (χ1v) is 9.21. The van der Waals surface area contributed by atoms with Gasteiger partial charge in [0.05, 0.1) is 18.6 Å². The van der Waals surface area contributed by atoms with E-state index in [1.165, 1.54) is 0 Å². The van der Waals surface area contributed by atoms with Crippen molar-refractivity contribution in [3.8, 4) is 5.75 Å². The van der Waals surface area contributed by atoms with Crippen molar-refractivity contribution < 1.29 is 14.3 Å². The Kier molecular flexibility index (Phi) is 6.73. The normalized spacial score (nSPS) is 11.2. The van der Waals surface area contributed by atoms with Crippen LogP contribution in [0.1, 0.15) is 73.2 Å². The van der Waals surface area contributed by atoms with E-state index in [1.807, 2.05) is 18.2 Å². The van der Waals surface area contributed by atoms with Gasteiger partial charge in [0.25, 0.3) is 0 Å². The van der Waals surface area contributed by atoms with Crippen molar-refractivity contribution in [2.24, 2.45) is 0 Å². The van der Waals surface area contributed by atoms with Crippen LogP contribution in [0.25, 0.3) is 0 Å². The summed E-state index contributed by atoms with van der Waals surface area (Å²) in [6.07, 6.45) is 1.81. The van der Waals surface area contributed by atoms with Crippen LogP contribution < -0.4 is 4.74 Å². The van der Waals surface area contributed by atoms with E-state index in [1.54, 1.807) is 30.3 Å². The largest absolute Gasteiger partial charge is 0.493 e. The number of rotatable bonds is 8. The zero-order valence-electron chi connectivity index (χ0n) is 16.2. The smallest absolute Gasteiger partial charge is 0.174 e. The van der Waals surface area contributed by atoms with Crippen molar-refractivity contribution in [3.05, 3.63) is 65.2 Å². The molecule has 0 radical (unpaired) electrons. The molecule has 2 aromatic carbocycles. The molecule has 0 saturated heterocycles. The summed E-state index contributed by atoms with van der Waals surface area (Å²) in [5.41, 5.74) is 2.24. The van der Waals surface area contributed by atoms with E-state index < -0.39 is 0 Å². The molecule has 138 valence electrons. The van der Waals surface area contributed by atoms with Crippen LogP contribution in [0.5, 0.6) is 5.75 Å². The maximum Gasteiger partial charge on any atom is 0.174 e. The van der Waals surface area contributed by atoms with Crippen LogP contribution in [0, 0.1) is 0 Å². The number of unbranched alkanes of at least 4 members (excludes halogenated alkanes) is 1. The maximum absolute atomic E-state index is 12.6. The molecule has 0 bridgehead atoms. The van der Waals surface area contributed by atoms with Crippen molar-refractivity contribution in [2.75, 3.05) is 6.61 Å². The third-order valence-corrected chi connectivity index (χ3v) is 4.34. The van der Waals surface area contributed by atoms with Crippen molar-refractivity contribution in [2.45, 2.75) is 52.4 Å². The number of ether oxygens (including phenoxy) is 1. The van der Waals surface area contributed by atoms with Gasteiger partial charge in [-0.3, -0.25) is 9.59 Å². The maximum atomic E-state index is 12.6. The second-order valence-corrected chi connectivity index (χ2v) is 7.55. The molecule has 0 aromatic heterocycles. The molecule has 0 N–H and O–H groups in total. The van der Waals surface area contributed by atoms with Gasteiger partial charge in [-0.05, 0) is 29.5 Å². The highest BCUT2D eigenvalue weighted by molar-refractivity contribution is 6.14. The first-order valence-electron chi connectivity index (χ1n) is 9.21. The standard InChI is InChI=1S/C23H28O3/c1-5-6-15-26-22-10-8-7-9-19(22)21(25)16-20(24)17-11-13-18(14-12-17)23(2,3)4/h7-14H,5-6,15-16H2,1-4H3. The van der Waals surface area contributed by atoms with Gasteiger partial charge in [-0.2, -0.15) is 0 Å². The highest BCUT2D eigenvalue weighted by Gasteiger charge is 2.18. The molecule has 0 unspecified atom stereocenters. The van der Waals surface area contributed by atoms with E-state index in [4.69, 9.17) is 4.74 Å². The van der Waals surface area contributed by atoms with Crippen LogP contribution >= 0.6 is 0 Å². The van der Waals surface area contributed by atoms with E-state index in [9.17, 15) is 9.59 Å². The Morgan fingerprint density at radius 3 is 2.19 bits per heavy atom. The zero-order valence-corrected chi connectivity index (χ0v) is 16.2. The molecular formula is C23H28O3. The van der Waals surface area contributed by atoms with E-state index in [0.29, 0.717) is 23.5 Å². The minimum absolute atomic E-state index is 0.0339. The molecular weight excluding hydrogens is 324 g/mol. The molecule has 0 aliphatic rings. The number of hydrogen-bond donors (Lipinski definition) is 0. The van der Waals surface area contributed by atoms with Gasteiger partial charge in [0, 0.05) is 5.56 Å². The summed E-state index contributed by atoms with van der Waals surface area (Å²) in [6.45, 7) is 9.04. The lowest BCUT2D eigenvalue weighted by Gasteiger charge is -2.19. The molecule has 2 rings (SSSR count). The third-order valence-electron chi connectivity index (χ3n) is 4.34. The number of hydrogen-bond acceptors (Lipinski definition) is 3. The number of benzene rings is 2. The first kappa shape index (κ1) is 19.9. The van der Waals surface area contributed by atoms with Crippen molar-refractivity contribution in [1.82, 2.24) is 0 Å². The van der Waals surface area contributed by atoms with Crippen molar-refractivity contribution >= 4 is 11.6 Å². The fourth-order valence-electron chi connectivity index (χ4n) is 2.65. The Balaban J connectivity index is 2.09. The van der Waals surface area contributed by atoms with Gasteiger partial charge in [-0.1, -0.05) is 70.5 Å². The average molecular weight is 352 g/mol. The molecule has 0 atom stereocenters. The van der Waals surface area contributed by atoms with Gasteiger partial charge in [0.15, 0.2) is 11.6 Å². The lowest BCUT2D eigenvalue weighted by Crippen LogP contribution is -2.13. The van der Waals surface area contributed by atoms with E-state index >= 15 is 0 Å². The number of para-hydroxylation sites is 1. The van der Waals surface area contributed by atoms with Crippen LogP contribution in [-0.2, 0) is 5.41 Å². The predicted octanol–water partition coefficient (Wildman–Crippen LogP) is 5.62. The molecule has 3 heteroatoms. The molecule has 0 saturated carbocycles. The van der Waals surface area contributed by atoms with Gasteiger partial charge in [-0.15, -0.1) is 0 Å². The molecule has 0 aliphatic carbocycles. The lowest BCUT2D eigenvalue weighted by molar-refractivity contribution is 0.0892.